The van der Waals surface area contributed by atoms with Gasteiger partial charge in [0.05, 0.1) is 12.6 Å². The first-order chi connectivity index (χ1) is 7.37. The molecule has 0 bridgehead atoms. The number of amides is 1. The van der Waals surface area contributed by atoms with Crippen molar-refractivity contribution in [1.82, 2.24) is 4.90 Å². The van der Waals surface area contributed by atoms with E-state index in [9.17, 15) is 4.79 Å². The molecule has 0 aromatic heterocycles. The number of aliphatic hydroxyl groups is 2. The fourth-order valence-electron chi connectivity index (χ4n) is 1.86. The van der Waals surface area contributed by atoms with Gasteiger partial charge in [0, 0.05) is 19.1 Å². The van der Waals surface area contributed by atoms with Crippen molar-refractivity contribution in [1.29, 1.82) is 0 Å². The molecule has 0 radical (unpaired) electrons. The molecular weight excluding hydrogens is 210 g/mol. The second kappa shape index (κ2) is 5.01. The van der Waals surface area contributed by atoms with Crippen molar-refractivity contribution in [3.8, 4) is 0 Å². The third-order valence-electron chi connectivity index (χ3n) is 2.60. The van der Waals surface area contributed by atoms with Crippen molar-refractivity contribution in [3.63, 3.8) is 0 Å². The van der Waals surface area contributed by atoms with Crippen LogP contribution in [0.4, 0.5) is 4.79 Å². The first kappa shape index (κ1) is 13.3. The number of carbonyl (C=O) groups excluding carboxylic acids is 1. The molecule has 1 rings (SSSR count). The van der Waals surface area contributed by atoms with Gasteiger partial charge in [-0.15, -0.1) is 0 Å². The number of carbonyl (C=O) groups is 1. The van der Waals surface area contributed by atoms with Gasteiger partial charge in [0.1, 0.15) is 5.60 Å². The zero-order chi connectivity index (χ0) is 12.3. The van der Waals surface area contributed by atoms with Gasteiger partial charge in [-0.25, -0.2) is 4.79 Å². The Bertz CT molecular complexity index is 249. The molecule has 0 aliphatic carbocycles. The van der Waals surface area contributed by atoms with Gasteiger partial charge in [0.2, 0.25) is 0 Å². The lowest BCUT2D eigenvalue weighted by Gasteiger charge is -2.27. The van der Waals surface area contributed by atoms with E-state index in [1.54, 1.807) is 20.8 Å². The average molecular weight is 231 g/mol. The summed E-state index contributed by atoms with van der Waals surface area (Å²) in [6.45, 7) is 5.82. The molecule has 2 atom stereocenters. The largest absolute Gasteiger partial charge is 0.444 e. The normalized spacial score (nSPS) is 25.9. The van der Waals surface area contributed by atoms with Gasteiger partial charge in [-0.05, 0) is 27.2 Å². The maximum atomic E-state index is 11.8. The van der Waals surface area contributed by atoms with Crippen LogP contribution in [-0.2, 0) is 4.74 Å². The minimum Gasteiger partial charge on any atom is -0.444 e. The molecule has 0 aromatic rings. The van der Waals surface area contributed by atoms with E-state index in [1.807, 2.05) is 0 Å². The Morgan fingerprint density at radius 1 is 1.38 bits per heavy atom. The topological polar surface area (TPSA) is 70.0 Å². The first-order valence-corrected chi connectivity index (χ1v) is 5.58. The lowest BCUT2D eigenvalue weighted by atomic mass is 10.1. The minimum atomic E-state index is -0.533. The molecule has 5 heteroatoms. The molecule has 1 aliphatic rings. The van der Waals surface area contributed by atoms with Gasteiger partial charge < -0.3 is 19.8 Å². The SMILES string of the molecule is CC(C)(C)OC(=O)N1C[C@@H](CO)C[C@H]1CO. The average Bonchev–Trinajstić information content (AvgIpc) is 2.58. The summed E-state index contributed by atoms with van der Waals surface area (Å²) in [5.41, 5.74) is -0.533. The van der Waals surface area contributed by atoms with E-state index in [-0.39, 0.29) is 25.2 Å². The van der Waals surface area contributed by atoms with Gasteiger partial charge in [-0.1, -0.05) is 0 Å². The summed E-state index contributed by atoms with van der Waals surface area (Å²) < 4.78 is 5.24. The molecule has 16 heavy (non-hydrogen) atoms. The molecule has 1 saturated heterocycles. The third-order valence-corrected chi connectivity index (χ3v) is 2.60. The van der Waals surface area contributed by atoms with Crippen LogP contribution in [0.3, 0.4) is 0 Å². The molecule has 0 unspecified atom stereocenters. The van der Waals surface area contributed by atoms with Crippen LogP contribution < -0.4 is 0 Å². The molecule has 2 N–H and O–H groups in total. The monoisotopic (exact) mass is 231 g/mol. The summed E-state index contributed by atoms with van der Waals surface area (Å²) in [5, 5.41) is 18.2. The molecule has 94 valence electrons. The molecule has 1 fully saturated rings. The number of hydrogen-bond donors (Lipinski definition) is 2. The Balaban J connectivity index is 2.61. The Kier molecular flexibility index (Phi) is 4.15. The van der Waals surface area contributed by atoms with Crippen molar-refractivity contribution in [2.24, 2.45) is 5.92 Å². The third kappa shape index (κ3) is 3.35. The lowest BCUT2D eigenvalue weighted by molar-refractivity contribution is 0.0170. The fraction of sp³-hybridized carbons (Fsp3) is 0.909. The Morgan fingerprint density at radius 3 is 2.44 bits per heavy atom. The van der Waals surface area contributed by atoms with Crippen LogP contribution in [0.5, 0.6) is 0 Å². The van der Waals surface area contributed by atoms with Crippen LogP contribution in [0.25, 0.3) is 0 Å². The number of aliphatic hydroxyl groups excluding tert-OH is 2. The van der Waals surface area contributed by atoms with Crippen molar-refractivity contribution in [2.75, 3.05) is 19.8 Å². The molecule has 1 heterocycles. The molecule has 0 aromatic carbocycles. The Labute approximate surface area is 96.0 Å². The Hall–Kier alpha value is -0.810. The van der Waals surface area contributed by atoms with Crippen LogP contribution in [-0.4, -0.2) is 52.6 Å². The van der Waals surface area contributed by atoms with Crippen LogP contribution in [0.1, 0.15) is 27.2 Å². The second-order valence-electron chi connectivity index (χ2n) is 5.25. The van der Waals surface area contributed by atoms with E-state index in [0.29, 0.717) is 13.0 Å². The standard InChI is InChI=1S/C11H21NO4/c1-11(2,3)16-10(15)12-5-8(6-13)4-9(12)7-14/h8-9,13-14H,4-7H2,1-3H3/t8-,9-/m0/s1. The van der Waals surface area contributed by atoms with Crippen LogP contribution >= 0.6 is 0 Å². The Morgan fingerprint density at radius 2 is 2.00 bits per heavy atom. The lowest BCUT2D eigenvalue weighted by Crippen LogP contribution is -2.41. The smallest absolute Gasteiger partial charge is 0.410 e. The number of rotatable bonds is 2. The van der Waals surface area contributed by atoms with E-state index < -0.39 is 11.7 Å². The summed E-state index contributed by atoms with van der Waals surface area (Å²) in [6, 6.07) is -0.230. The summed E-state index contributed by atoms with van der Waals surface area (Å²) >= 11 is 0. The molecule has 5 nitrogen and oxygen atoms in total. The zero-order valence-electron chi connectivity index (χ0n) is 10.1. The van der Waals surface area contributed by atoms with Gasteiger partial charge >= 0.3 is 6.09 Å². The molecule has 0 saturated carbocycles. The quantitative estimate of drug-likeness (QED) is 0.730. The van der Waals surface area contributed by atoms with E-state index >= 15 is 0 Å². The molecular formula is C11H21NO4. The number of nitrogens with zero attached hydrogens (tertiary/aromatic N) is 1. The van der Waals surface area contributed by atoms with Crippen molar-refractivity contribution < 1.29 is 19.7 Å². The van der Waals surface area contributed by atoms with E-state index in [2.05, 4.69) is 0 Å². The second-order valence-corrected chi connectivity index (χ2v) is 5.25. The number of ether oxygens (including phenoxy) is 1. The maximum absolute atomic E-state index is 11.8. The summed E-state index contributed by atoms with van der Waals surface area (Å²) in [5.74, 6) is 0.0460. The van der Waals surface area contributed by atoms with Gasteiger partial charge in [-0.2, -0.15) is 0 Å². The number of hydrogen-bond acceptors (Lipinski definition) is 4. The van der Waals surface area contributed by atoms with Crippen LogP contribution in [0, 0.1) is 5.92 Å². The van der Waals surface area contributed by atoms with Crippen LogP contribution in [0.15, 0.2) is 0 Å². The predicted molar refractivity (Wildman–Crippen MR) is 59.0 cm³/mol. The number of likely N-dealkylation sites (tertiary alicyclic amines) is 1. The van der Waals surface area contributed by atoms with Crippen molar-refractivity contribution >= 4 is 6.09 Å². The van der Waals surface area contributed by atoms with E-state index in [4.69, 9.17) is 14.9 Å². The minimum absolute atomic E-state index is 0.0375. The van der Waals surface area contributed by atoms with Gasteiger partial charge in [0.15, 0.2) is 0 Å². The predicted octanol–water partition coefficient (Wildman–Crippen LogP) is 0.597. The molecule has 1 amide bonds. The summed E-state index contributed by atoms with van der Waals surface area (Å²) in [4.78, 5) is 13.3. The van der Waals surface area contributed by atoms with Crippen molar-refractivity contribution in [2.45, 2.75) is 38.8 Å². The summed E-state index contributed by atoms with van der Waals surface area (Å²) in [6.07, 6.45) is 0.217. The van der Waals surface area contributed by atoms with E-state index in [1.165, 1.54) is 4.90 Å². The highest BCUT2D eigenvalue weighted by Crippen LogP contribution is 2.24. The maximum Gasteiger partial charge on any atom is 0.410 e. The summed E-state index contributed by atoms with van der Waals surface area (Å²) in [7, 11) is 0. The zero-order valence-corrected chi connectivity index (χ0v) is 10.1. The highest BCUT2D eigenvalue weighted by Gasteiger charge is 2.36. The first-order valence-electron chi connectivity index (χ1n) is 5.58. The van der Waals surface area contributed by atoms with Crippen LogP contribution in [0.2, 0.25) is 0 Å². The van der Waals surface area contributed by atoms with Gasteiger partial charge in [-0.3, -0.25) is 0 Å². The highest BCUT2D eigenvalue weighted by atomic mass is 16.6. The molecule has 1 aliphatic heterocycles. The van der Waals surface area contributed by atoms with Gasteiger partial charge in [0.25, 0.3) is 0 Å². The van der Waals surface area contributed by atoms with Crippen molar-refractivity contribution in [3.05, 3.63) is 0 Å². The van der Waals surface area contributed by atoms with E-state index in [0.717, 1.165) is 0 Å². The highest BCUT2D eigenvalue weighted by molar-refractivity contribution is 5.69. The molecule has 0 spiro atoms. The fourth-order valence-corrected chi connectivity index (χ4v) is 1.86.